The average molecular weight is 320 g/mol. The van der Waals surface area contributed by atoms with E-state index in [9.17, 15) is 17.2 Å². The van der Waals surface area contributed by atoms with E-state index in [1.165, 1.54) is 13.1 Å². The molecule has 1 rings (SSSR count). The normalized spacial score (nSPS) is 13.0. The first kappa shape index (κ1) is 18.0. The van der Waals surface area contributed by atoms with Crippen LogP contribution in [0, 0.1) is 17.0 Å². The summed E-state index contributed by atoms with van der Waals surface area (Å²) in [7, 11) is -1.07. The highest BCUT2D eigenvalue weighted by molar-refractivity contribution is 7.89. The molecular weight excluding hydrogens is 298 g/mol. The zero-order chi connectivity index (χ0) is 16.4. The molecule has 0 saturated heterocycles. The minimum atomic E-state index is -4.08. The van der Waals surface area contributed by atoms with Crippen molar-refractivity contribution in [2.75, 3.05) is 20.6 Å². The molecule has 0 spiro atoms. The summed E-state index contributed by atoms with van der Waals surface area (Å²) in [6.07, 6.45) is 0. The highest BCUT2D eigenvalue weighted by Gasteiger charge is 2.29. The molecule has 7 heteroatoms. The molecule has 1 aromatic rings. The number of hydrogen-bond donors (Lipinski definition) is 1. The van der Waals surface area contributed by atoms with Gasteiger partial charge < -0.3 is 5.32 Å². The molecule has 0 amide bonds. The quantitative estimate of drug-likeness (QED) is 0.906. The van der Waals surface area contributed by atoms with Crippen molar-refractivity contribution in [1.82, 2.24) is 9.62 Å². The molecule has 1 aromatic carbocycles. The summed E-state index contributed by atoms with van der Waals surface area (Å²) in [6, 6.07) is 2.16. The van der Waals surface area contributed by atoms with Crippen molar-refractivity contribution in [3.63, 3.8) is 0 Å². The van der Waals surface area contributed by atoms with E-state index in [-0.39, 0.29) is 18.5 Å². The van der Waals surface area contributed by atoms with Gasteiger partial charge in [-0.15, -0.1) is 0 Å². The van der Waals surface area contributed by atoms with Crippen LogP contribution in [-0.2, 0) is 16.6 Å². The number of nitrogens with zero attached hydrogens (tertiary/aromatic N) is 1. The van der Waals surface area contributed by atoms with Gasteiger partial charge >= 0.3 is 0 Å². The lowest BCUT2D eigenvalue weighted by Crippen LogP contribution is -2.35. The smallest absolute Gasteiger partial charge is 0.245 e. The summed E-state index contributed by atoms with van der Waals surface area (Å²) in [5.74, 6) is -2.50. The van der Waals surface area contributed by atoms with Crippen LogP contribution in [-0.4, -0.2) is 33.4 Å². The number of sulfonamides is 1. The summed E-state index contributed by atoms with van der Waals surface area (Å²) in [5, 5.41) is 2.78. The predicted molar refractivity (Wildman–Crippen MR) is 78.4 cm³/mol. The molecule has 0 bridgehead atoms. The minimum absolute atomic E-state index is 0.201. The third kappa shape index (κ3) is 4.46. The van der Waals surface area contributed by atoms with Gasteiger partial charge in [0.2, 0.25) is 10.0 Å². The van der Waals surface area contributed by atoms with Crippen molar-refractivity contribution >= 4 is 10.0 Å². The first-order chi connectivity index (χ1) is 9.49. The molecule has 0 aliphatic heterocycles. The van der Waals surface area contributed by atoms with Gasteiger partial charge in [-0.05, 0) is 30.2 Å². The van der Waals surface area contributed by atoms with Gasteiger partial charge in [0.25, 0.3) is 0 Å². The summed E-state index contributed by atoms with van der Waals surface area (Å²) in [6.45, 7) is 6.06. The first-order valence-corrected chi connectivity index (χ1v) is 8.02. The summed E-state index contributed by atoms with van der Waals surface area (Å²) in [4.78, 5) is -0.625. The van der Waals surface area contributed by atoms with Gasteiger partial charge in [0, 0.05) is 20.1 Å². The molecule has 0 saturated carbocycles. The van der Waals surface area contributed by atoms with Crippen molar-refractivity contribution < 1.29 is 17.2 Å². The van der Waals surface area contributed by atoms with Gasteiger partial charge in [-0.1, -0.05) is 20.8 Å². The van der Waals surface area contributed by atoms with Gasteiger partial charge in [-0.2, -0.15) is 0 Å². The van der Waals surface area contributed by atoms with Crippen LogP contribution in [0.2, 0.25) is 0 Å². The maximum absolute atomic E-state index is 13.9. The van der Waals surface area contributed by atoms with Crippen LogP contribution < -0.4 is 5.32 Å². The van der Waals surface area contributed by atoms with Crippen LogP contribution in [0.4, 0.5) is 8.78 Å². The van der Waals surface area contributed by atoms with Crippen molar-refractivity contribution in [2.45, 2.75) is 32.2 Å². The summed E-state index contributed by atoms with van der Waals surface area (Å²) >= 11 is 0. The third-order valence-electron chi connectivity index (χ3n) is 2.82. The fraction of sp³-hybridized carbons (Fsp3) is 0.571. The lowest BCUT2D eigenvalue weighted by atomic mass is 9.97. The van der Waals surface area contributed by atoms with Crippen molar-refractivity contribution in [2.24, 2.45) is 5.41 Å². The van der Waals surface area contributed by atoms with Crippen molar-refractivity contribution in [3.05, 3.63) is 29.3 Å². The van der Waals surface area contributed by atoms with E-state index in [0.29, 0.717) is 5.56 Å². The second kappa shape index (κ2) is 6.37. The fourth-order valence-electron chi connectivity index (χ4n) is 2.03. The molecule has 0 aliphatic carbocycles. The molecule has 1 N–H and O–H groups in total. The fourth-order valence-corrected chi connectivity index (χ4v) is 3.55. The van der Waals surface area contributed by atoms with Gasteiger partial charge in [0.1, 0.15) is 4.90 Å². The van der Waals surface area contributed by atoms with E-state index in [1.54, 1.807) is 7.05 Å². The van der Waals surface area contributed by atoms with Crippen LogP contribution in [0.1, 0.15) is 26.3 Å². The highest BCUT2D eigenvalue weighted by atomic mass is 32.2. The lowest BCUT2D eigenvalue weighted by Gasteiger charge is -2.26. The zero-order valence-corrected chi connectivity index (χ0v) is 13.8. The van der Waals surface area contributed by atoms with E-state index < -0.39 is 26.6 Å². The minimum Gasteiger partial charge on any atom is -0.316 e. The summed E-state index contributed by atoms with van der Waals surface area (Å²) in [5.41, 5.74) is 0.0820. The number of nitrogens with one attached hydrogen (secondary N) is 1. The standard InChI is InChI=1S/C14H22F2N2O2S/c1-14(2,3)9-18(5)21(19,20)12-7-10(8-17-4)6-11(15)13(12)16/h6-7,17H,8-9H2,1-5H3. The van der Waals surface area contributed by atoms with E-state index in [4.69, 9.17) is 0 Å². The Morgan fingerprint density at radius 2 is 1.81 bits per heavy atom. The van der Waals surface area contributed by atoms with Gasteiger partial charge in [0.05, 0.1) is 0 Å². The van der Waals surface area contributed by atoms with Gasteiger partial charge in [0.15, 0.2) is 11.6 Å². The zero-order valence-electron chi connectivity index (χ0n) is 13.0. The Kier molecular flexibility index (Phi) is 5.46. The molecule has 4 nitrogen and oxygen atoms in total. The van der Waals surface area contributed by atoms with Crippen molar-refractivity contribution in [3.8, 4) is 0 Å². The maximum Gasteiger partial charge on any atom is 0.245 e. The Balaban J connectivity index is 3.30. The SMILES string of the molecule is CNCc1cc(F)c(F)c(S(=O)(=O)N(C)CC(C)(C)C)c1. The average Bonchev–Trinajstić information content (AvgIpc) is 2.31. The van der Waals surface area contributed by atoms with Crippen LogP contribution in [0.15, 0.2) is 17.0 Å². The Bertz CT molecular complexity index is 610. The molecule has 0 fully saturated rings. The number of hydrogen-bond acceptors (Lipinski definition) is 3. The van der Waals surface area contributed by atoms with Crippen molar-refractivity contribution in [1.29, 1.82) is 0 Å². The van der Waals surface area contributed by atoms with E-state index in [0.717, 1.165) is 10.4 Å². The van der Waals surface area contributed by atoms with Crippen LogP contribution in [0.25, 0.3) is 0 Å². The van der Waals surface area contributed by atoms with E-state index in [2.05, 4.69) is 5.32 Å². The lowest BCUT2D eigenvalue weighted by molar-refractivity contribution is 0.309. The topological polar surface area (TPSA) is 49.4 Å². The van der Waals surface area contributed by atoms with E-state index in [1.807, 2.05) is 20.8 Å². The molecule has 0 unspecified atom stereocenters. The highest BCUT2D eigenvalue weighted by Crippen LogP contribution is 2.25. The number of benzene rings is 1. The molecule has 0 heterocycles. The molecule has 0 atom stereocenters. The Hall–Kier alpha value is -1.05. The first-order valence-electron chi connectivity index (χ1n) is 6.58. The molecule has 21 heavy (non-hydrogen) atoms. The molecular formula is C14H22F2N2O2S. The van der Waals surface area contributed by atoms with Crippen LogP contribution >= 0.6 is 0 Å². The summed E-state index contributed by atoms with van der Waals surface area (Å²) < 4.78 is 53.4. The van der Waals surface area contributed by atoms with Gasteiger partial charge in [-0.3, -0.25) is 0 Å². The van der Waals surface area contributed by atoms with E-state index >= 15 is 0 Å². The third-order valence-corrected chi connectivity index (χ3v) is 4.62. The largest absolute Gasteiger partial charge is 0.316 e. The Morgan fingerprint density at radius 3 is 2.29 bits per heavy atom. The second-order valence-electron chi connectivity index (χ2n) is 6.24. The molecule has 0 aliphatic rings. The van der Waals surface area contributed by atoms with Crippen LogP contribution in [0.3, 0.4) is 0 Å². The number of halogens is 2. The Labute approximate surface area is 125 Å². The van der Waals surface area contributed by atoms with Crippen LogP contribution in [0.5, 0.6) is 0 Å². The molecule has 120 valence electrons. The maximum atomic E-state index is 13.9. The molecule has 0 radical (unpaired) electrons. The number of rotatable bonds is 5. The van der Waals surface area contributed by atoms with Gasteiger partial charge in [-0.25, -0.2) is 21.5 Å². The second-order valence-corrected chi connectivity index (χ2v) is 8.26. The predicted octanol–water partition coefficient (Wildman–Crippen LogP) is 2.35. The monoisotopic (exact) mass is 320 g/mol. The molecule has 0 aromatic heterocycles. The Morgan fingerprint density at radius 1 is 1.24 bits per heavy atom.